The number of aromatic nitrogens is 2. The zero-order chi connectivity index (χ0) is 20.0. The molecule has 160 valence electrons. The number of hydrogen-bond donors (Lipinski definition) is 3. The highest BCUT2D eigenvalue weighted by molar-refractivity contribution is 14.0. The number of aryl methyl sites for hydroxylation is 1. The largest absolute Gasteiger partial charge is 0.435 e. The minimum atomic E-state index is -4.51. The summed E-state index contributed by atoms with van der Waals surface area (Å²) in [4.78, 5) is 17.2. The van der Waals surface area contributed by atoms with Crippen LogP contribution in [-0.4, -0.2) is 58.8 Å². The summed E-state index contributed by atoms with van der Waals surface area (Å²) in [7, 11) is 1.45. The van der Waals surface area contributed by atoms with Crippen molar-refractivity contribution in [2.24, 2.45) is 17.8 Å². The monoisotopic (exact) mass is 517 g/mol. The predicted octanol–water partition coefficient (Wildman–Crippen LogP) is 1.06. The van der Waals surface area contributed by atoms with Crippen molar-refractivity contribution in [2.75, 3.05) is 26.2 Å². The van der Waals surface area contributed by atoms with E-state index in [1.165, 1.54) is 13.2 Å². The molecule has 1 saturated heterocycles. The SMILES string of the molecule is CCNC(=NCc1cn(C)nc1C(F)(F)F)NC1CCN(CC(N)=O)CC1.I. The number of nitrogens with two attached hydrogens (primary N) is 1. The second-order valence-corrected chi connectivity index (χ2v) is 6.53. The zero-order valence-corrected chi connectivity index (χ0v) is 18.3. The molecule has 0 radical (unpaired) electrons. The molecule has 0 spiro atoms. The summed E-state index contributed by atoms with van der Waals surface area (Å²) in [5.41, 5.74) is 4.32. The van der Waals surface area contributed by atoms with Crippen molar-refractivity contribution >= 4 is 35.8 Å². The number of carbonyl (C=O) groups excluding carboxylic acids is 1. The van der Waals surface area contributed by atoms with Gasteiger partial charge in [-0.05, 0) is 19.8 Å². The van der Waals surface area contributed by atoms with Crippen LogP contribution in [0.3, 0.4) is 0 Å². The van der Waals surface area contributed by atoms with E-state index in [0.29, 0.717) is 12.5 Å². The van der Waals surface area contributed by atoms with Crippen LogP contribution in [0, 0.1) is 0 Å². The molecular weight excluding hydrogens is 490 g/mol. The minimum Gasteiger partial charge on any atom is -0.369 e. The van der Waals surface area contributed by atoms with Crippen LogP contribution >= 0.6 is 24.0 Å². The Hall–Kier alpha value is -1.57. The highest BCUT2D eigenvalue weighted by Crippen LogP contribution is 2.30. The van der Waals surface area contributed by atoms with Gasteiger partial charge in [0.15, 0.2) is 11.7 Å². The molecule has 1 amide bonds. The number of nitrogens with one attached hydrogen (secondary N) is 2. The summed E-state index contributed by atoms with van der Waals surface area (Å²) in [5, 5.41) is 9.80. The zero-order valence-electron chi connectivity index (χ0n) is 15.9. The van der Waals surface area contributed by atoms with E-state index in [-0.39, 0.29) is 54.6 Å². The van der Waals surface area contributed by atoms with Gasteiger partial charge in [-0.2, -0.15) is 18.3 Å². The average molecular weight is 517 g/mol. The van der Waals surface area contributed by atoms with Gasteiger partial charge in [0.25, 0.3) is 0 Å². The second kappa shape index (κ2) is 10.8. The lowest BCUT2D eigenvalue weighted by molar-refractivity contribution is -0.142. The number of hydrogen-bond acceptors (Lipinski definition) is 4. The van der Waals surface area contributed by atoms with Crippen molar-refractivity contribution in [3.8, 4) is 0 Å². The Morgan fingerprint density at radius 2 is 2.04 bits per heavy atom. The lowest BCUT2D eigenvalue weighted by Gasteiger charge is -2.32. The van der Waals surface area contributed by atoms with E-state index in [0.717, 1.165) is 30.6 Å². The maximum absolute atomic E-state index is 13.0. The van der Waals surface area contributed by atoms with E-state index in [2.05, 4.69) is 20.7 Å². The normalized spacial score (nSPS) is 16.5. The summed E-state index contributed by atoms with van der Waals surface area (Å²) in [6.45, 7) is 4.03. The van der Waals surface area contributed by atoms with Gasteiger partial charge in [-0.15, -0.1) is 24.0 Å². The second-order valence-electron chi connectivity index (χ2n) is 6.53. The third-order valence-corrected chi connectivity index (χ3v) is 4.23. The number of likely N-dealkylation sites (tertiary alicyclic amines) is 1. The first kappa shape index (κ1) is 24.5. The third-order valence-electron chi connectivity index (χ3n) is 4.23. The first-order chi connectivity index (χ1) is 12.7. The number of rotatable bonds is 6. The summed E-state index contributed by atoms with van der Waals surface area (Å²) >= 11 is 0. The Labute approximate surface area is 179 Å². The van der Waals surface area contributed by atoms with Gasteiger partial charge < -0.3 is 16.4 Å². The van der Waals surface area contributed by atoms with Crippen LogP contribution in [0.4, 0.5) is 13.2 Å². The number of primary amides is 1. The summed E-state index contributed by atoms with van der Waals surface area (Å²) in [5.74, 6) is 0.107. The van der Waals surface area contributed by atoms with Gasteiger partial charge in [0, 0.05) is 44.5 Å². The number of piperidine rings is 1. The Morgan fingerprint density at radius 3 is 2.57 bits per heavy atom. The summed E-state index contributed by atoms with van der Waals surface area (Å²) < 4.78 is 40.3. The molecule has 0 unspecified atom stereocenters. The molecule has 0 aromatic carbocycles. The number of halogens is 4. The molecule has 1 fully saturated rings. The molecule has 0 aliphatic carbocycles. The standard InChI is InChI=1S/C16H26F3N7O.HI/c1-3-21-15(23-12-4-6-26(7-5-12)10-13(20)27)22-8-11-9-25(2)24-14(11)16(17,18)19;/h9,12H,3-8,10H2,1-2H3,(H2,20,27)(H2,21,22,23);1H. The topological polar surface area (TPSA) is 101 Å². The molecule has 0 saturated carbocycles. The Bertz CT molecular complexity index is 670. The summed E-state index contributed by atoms with van der Waals surface area (Å²) in [6.07, 6.45) is -1.60. The van der Waals surface area contributed by atoms with E-state index >= 15 is 0 Å². The quantitative estimate of drug-likeness (QED) is 0.298. The number of aliphatic imine (C=N–C) groups is 1. The van der Waals surface area contributed by atoms with E-state index in [4.69, 9.17) is 5.73 Å². The van der Waals surface area contributed by atoms with E-state index < -0.39 is 11.9 Å². The fraction of sp³-hybridized carbons (Fsp3) is 0.688. The van der Waals surface area contributed by atoms with Gasteiger partial charge in [-0.25, -0.2) is 4.99 Å². The fourth-order valence-electron chi connectivity index (χ4n) is 3.03. The maximum atomic E-state index is 13.0. The van der Waals surface area contributed by atoms with Crippen LogP contribution in [0.25, 0.3) is 0 Å². The molecule has 1 aromatic heterocycles. The molecule has 12 heteroatoms. The van der Waals surface area contributed by atoms with Crippen molar-refractivity contribution < 1.29 is 18.0 Å². The molecule has 1 aliphatic heterocycles. The number of alkyl halides is 3. The van der Waals surface area contributed by atoms with Crippen LogP contribution in [-0.2, 0) is 24.6 Å². The predicted molar refractivity (Wildman–Crippen MR) is 110 cm³/mol. The molecule has 4 N–H and O–H groups in total. The van der Waals surface area contributed by atoms with Crippen molar-refractivity contribution in [3.05, 3.63) is 17.5 Å². The number of carbonyl (C=O) groups is 1. The van der Waals surface area contributed by atoms with Gasteiger partial charge >= 0.3 is 6.18 Å². The Balaban J connectivity index is 0.00000392. The van der Waals surface area contributed by atoms with Gasteiger partial charge in [-0.1, -0.05) is 0 Å². The molecule has 0 bridgehead atoms. The van der Waals surface area contributed by atoms with Crippen LogP contribution < -0.4 is 16.4 Å². The molecule has 0 atom stereocenters. The molecule has 8 nitrogen and oxygen atoms in total. The molecule has 2 heterocycles. The third kappa shape index (κ3) is 7.45. The fourth-order valence-corrected chi connectivity index (χ4v) is 3.03. The Kier molecular flexibility index (Phi) is 9.47. The van der Waals surface area contributed by atoms with Crippen molar-refractivity contribution in [1.82, 2.24) is 25.3 Å². The highest BCUT2D eigenvalue weighted by atomic mass is 127. The van der Waals surface area contributed by atoms with Gasteiger partial charge in [-0.3, -0.25) is 14.4 Å². The van der Waals surface area contributed by atoms with Gasteiger partial charge in [0.05, 0.1) is 13.1 Å². The van der Waals surface area contributed by atoms with Gasteiger partial charge in [0.1, 0.15) is 0 Å². The molecule has 28 heavy (non-hydrogen) atoms. The first-order valence-electron chi connectivity index (χ1n) is 8.84. The number of guanidine groups is 1. The molecule has 1 aliphatic rings. The van der Waals surface area contributed by atoms with Crippen molar-refractivity contribution in [2.45, 2.75) is 38.5 Å². The minimum absolute atomic E-state index is 0. The summed E-state index contributed by atoms with van der Waals surface area (Å²) in [6, 6.07) is 0.128. The van der Waals surface area contributed by atoms with Crippen LogP contribution in [0.2, 0.25) is 0 Å². The van der Waals surface area contributed by atoms with E-state index in [1.807, 2.05) is 11.8 Å². The lowest BCUT2D eigenvalue weighted by atomic mass is 10.1. The van der Waals surface area contributed by atoms with Crippen LogP contribution in [0.5, 0.6) is 0 Å². The van der Waals surface area contributed by atoms with Gasteiger partial charge in [0.2, 0.25) is 5.91 Å². The number of amides is 1. The maximum Gasteiger partial charge on any atom is 0.435 e. The van der Waals surface area contributed by atoms with Crippen LogP contribution in [0.1, 0.15) is 31.0 Å². The lowest BCUT2D eigenvalue weighted by Crippen LogP contribution is -2.49. The van der Waals surface area contributed by atoms with E-state index in [1.54, 1.807) is 0 Å². The average Bonchev–Trinajstić information content (AvgIpc) is 2.95. The highest BCUT2D eigenvalue weighted by Gasteiger charge is 2.36. The smallest absolute Gasteiger partial charge is 0.369 e. The molecule has 1 aromatic rings. The Morgan fingerprint density at radius 1 is 1.39 bits per heavy atom. The molecular formula is C16H27F3IN7O. The van der Waals surface area contributed by atoms with Crippen LogP contribution in [0.15, 0.2) is 11.2 Å². The van der Waals surface area contributed by atoms with E-state index in [9.17, 15) is 18.0 Å². The number of nitrogens with zero attached hydrogens (tertiary/aromatic N) is 4. The van der Waals surface area contributed by atoms with Crippen molar-refractivity contribution in [1.29, 1.82) is 0 Å². The molecule has 2 rings (SSSR count). The van der Waals surface area contributed by atoms with Crippen molar-refractivity contribution in [3.63, 3.8) is 0 Å². The first-order valence-corrected chi connectivity index (χ1v) is 8.84.